The van der Waals surface area contributed by atoms with E-state index in [-0.39, 0.29) is 17.7 Å². The molecule has 138 valence electrons. The van der Waals surface area contributed by atoms with Crippen molar-refractivity contribution in [3.63, 3.8) is 0 Å². The van der Waals surface area contributed by atoms with Gasteiger partial charge in [0.15, 0.2) is 0 Å². The Bertz CT molecular complexity index is 838. The van der Waals surface area contributed by atoms with Crippen LogP contribution in [0.3, 0.4) is 0 Å². The quantitative estimate of drug-likeness (QED) is 0.917. The van der Waals surface area contributed by atoms with Crippen molar-refractivity contribution in [1.29, 1.82) is 0 Å². The van der Waals surface area contributed by atoms with Crippen LogP contribution in [0.25, 0.3) is 0 Å². The van der Waals surface area contributed by atoms with E-state index in [4.69, 9.17) is 0 Å². The predicted octanol–water partition coefficient (Wildman–Crippen LogP) is 2.43. The normalized spacial score (nSPS) is 13.7. The molecule has 0 unspecified atom stereocenters. The fraction of sp³-hybridized carbons (Fsp3) is 0.450. The number of benzene rings is 1. The molecular formula is C20H26N4O2. The van der Waals surface area contributed by atoms with Crippen LogP contribution in [0.5, 0.6) is 0 Å². The zero-order valence-corrected chi connectivity index (χ0v) is 15.9. The van der Waals surface area contributed by atoms with Crippen molar-refractivity contribution in [2.45, 2.75) is 47.3 Å². The number of hydrogen-bond acceptors (Lipinski definition) is 3. The third-order valence-corrected chi connectivity index (χ3v) is 4.72. The Labute approximate surface area is 154 Å². The Hall–Kier alpha value is -2.63. The van der Waals surface area contributed by atoms with Crippen LogP contribution >= 0.6 is 0 Å². The van der Waals surface area contributed by atoms with Crippen LogP contribution in [0.1, 0.15) is 46.7 Å². The SMILES string of the molecule is Cc1ccc(C)c(C(=O)NCc2cc3n(n2)CCN(C(=O)C(C)C)C3)c1. The minimum atomic E-state index is -0.0891. The lowest BCUT2D eigenvalue weighted by Crippen LogP contribution is -2.40. The van der Waals surface area contributed by atoms with Gasteiger partial charge in [-0.3, -0.25) is 14.3 Å². The van der Waals surface area contributed by atoms with E-state index in [0.717, 1.165) is 22.5 Å². The molecule has 0 spiro atoms. The van der Waals surface area contributed by atoms with Crippen LogP contribution in [-0.2, 0) is 24.4 Å². The average Bonchev–Trinajstić information content (AvgIpc) is 3.02. The summed E-state index contributed by atoms with van der Waals surface area (Å²) >= 11 is 0. The summed E-state index contributed by atoms with van der Waals surface area (Å²) in [5.41, 5.74) is 4.55. The molecule has 0 saturated heterocycles. The van der Waals surface area contributed by atoms with Crippen LogP contribution in [0.4, 0.5) is 0 Å². The zero-order chi connectivity index (χ0) is 18.8. The van der Waals surface area contributed by atoms with Crippen molar-refractivity contribution in [1.82, 2.24) is 20.0 Å². The van der Waals surface area contributed by atoms with Gasteiger partial charge in [-0.2, -0.15) is 5.10 Å². The highest BCUT2D eigenvalue weighted by atomic mass is 16.2. The number of nitrogens with one attached hydrogen (secondary N) is 1. The van der Waals surface area contributed by atoms with Crippen molar-refractivity contribution < 1.29 is 9.59 Å². The van der Waals surface area contributed by atoms with Crippen LogP contribution in [0.2, 0.25) is 0 Å². The predicted molar refractivity (Wildman–Crippen MR) is 99.6 cm³/mol. The van der Waals surface area contributed by atoms with Gasteiger partial charge in [-0.25, -0.2) is 0 Å². The Morgan fingerprint density at radius 1 is 1.19 bits per heavy atom. The summed E-state index contributed by atoms with van der Waals surface area (Å²) < 4.78 is 1.93. The fourth-order valence-corrected chi connectivity index (χ4v) is 3.21. The Morgan fingerprint density at radius 2 is 1.96 bits per heavy atom. The minimum absolute atomic E-state index is 0.000740. The van der Waals surface area contributed by atoms with Gasteiger partial charge >= 0.3 is 0 Å². The molecule has 3 rings (SSSR count). The van der Waals surface area contributed by atoms with Crippen LogP contribution in [0.15, 0.2) is 24.3 Å². The molecule has 2 aromatic rings. The number of aromatic nitrogens is 2. The van der Waals surface area contributed by atoms with Crippen LogP contribution in [-0.4, -0.2) is 33.0 Å². The first-order valence-electron chi connectivity index (χ1n) is 9.05. The van der Waals surface area contributed by atoms with E-state index < -0.39 is 0 Å². The molecule has 0 atom stereocenters. The van der Waals surface area contributed by atoms with E-state index in [0.29, 0.717) is 31.7 Å². The number of hydrogen-bond donors (Lipinski definition) is 1. The van der Waals surface area contributed by atoms with Gasteiger partial charge in [-0.05, 0) is 31.5 Å². The van der Waals surface area contributed by atoms with E-state index in [1.54, 1.807) is 0 Å². The Balaban J connectivity index is 1.65. The first-order chi connectivity index (χ1) is 12.3. The van der Waals surface area contributed by atoms with Gasteiger partial charge in [0.05, 0.1) is 31.0 Å². The molecule has 0 fully saturated rings. The minimum Gasteiger partial charge on any atom is -0.346 e. The van der Waals surface area contributed by atoms with Gasteiger partial charge in [0, 0.05) is 18.0 Å². The van der Waals surface area contributed by atoms with Crippen molar-refractivity contribution in [3.05, 3.63) is 52.3 Å². The average molecular weight is 354 g/mol. The van der Waals surface area contributed by atoms with E-state index in [1.807, 2.05) is 61.5 Å². The van der Waals surface area contributed by atoms with Gasteiger partial charge < -0.3 is 10.2 Å². The summed E-state index contributed by atoms with van der Waals surface area (Å²) in [5.74, 6) is 0.0804. The van der Waals surface area contributed by atoms with Gasteiger partial charge in [0.2, 0.25) is 5.91 Å². The second kappa shape index (κ2) is 7.32. The molecule has 1 aliphatic rings. The molecule has 26 heavy (non-hydrogen) atoms. The van der Waals surface area contributed by atoms with E-state index in [1.165, 1.54) is 0 Å². The molecule has 0 bridgehead atoms. The van der Waals surface area contributed by atoms with E-state index >= 15 is 0 Å². The fourth-order valence-electron chi connectivity index (χ4n) is 3.21. The lowest BCUT2D eigenvalue weighted by molar-refractivity contribution is -0.136. The highest BCUT2D eigenvalue weighted by Gasteiger charge is 2.24. The van der Waals surface area contributed by atoms with E-state index in [9.17, 15) is 9.59 Å². The number of fused-ring (bicyclic) bond motifs is 1. The Kier molecular flexibility index (Phi) is 5.11. The third kappa shape index (κ3) is 3.79. The van der Waals surface area contributed by atoms with Gasteiger partial charge in [-0.1, -0.05) is 31.5 Å². The number of nitrogens with zero attached hydrogens (tertiary/aromatic N) is 3. The van der Waals surface area contributed by atoms with Gasteiger partial charge in [0.25, 0.3) is 5.91 Å². The molecule has 2 heterocycles. The summed E-state index contributed by atoms with van der Waals surface area (Å²) in [5, 5.41) is 7.51. The third-order valence-electron chi connectivity index (χ3n) is 4.72. The highest BCUT2D eigenvalue weighted by molar-refractivity contribution is 5.95. The number of rotatable bonds is 4. The number of amides is 2. The maximum Gasteiger partial charge on any atom is 0.251 e. The van der Waals surface area contributed by atoms with Crippen LogP contribution < -0.4 is 5.32 Å². The molecule has 6 heteroatoms. The number of aryl methyl sites for hydroxylation is 2. The van der Waals surface area contributed by atoms with Crippen molar-refractivity contribution in [2.24, 2.45) is 5.92 Å². The van der Waals surface area contributed by atoms with E-state index in [2.05, 4.69) is 10.4 Å². The molecule has 1 aliphatic heterocycles. The lowest BCUT2D eigenvalue weighted by atomic mass is 10.1. The Morgan fingerprint density at radius 3 is 2.69 bits per heavy atom. The standard InChI is InChI=1S/C20H26N4O2/c1-13(2)20(26)23-7-8-24-17(12-23)10-16(22-24)11-21-19(25)18-9-14(3)5-6-15(18)4/h5-6,9-10,13H,7-8,11-12H2,1-4H3,(H,21,25). The molecular weight excluding hydrogens is 328 g/mol. The van der Waals surface area contributed by atoms with Crippen molar-refractivity contribution >= 4 is 11.8 Å². The monoisotopic (exact) mass is 354 g/mol. The summed E-state index contributed by atoms with van der Waals surface area (Å²) in [7, 11) is 0. The summed E-state index contributed by atoms with van der Waals surface area (Å²) in [6, 6.07) is 7.83. The van der Waals surface area contributed by atoms with Crippen LogP contribution in [0, 0.1) is 19.8 Å². The van der Waals surface area contributed by atoms with Crippen molar-refractivity contribution in [2.75, 3.05) is 6.54 Å². The second-order valence-corrected chi connectivity index (χ2v) is 7.27. The molecule has 1 aromatic heterocycles. The van der Waals surface area contributed by atoms with Gasteiger partial charge in [-0.15, -0.1) is 0 Å². The maximum absolute atomic E-state index is 12.5. The topological polar surface area (TPSA) is 67.2 Å². The summed E-state index contributed by atoms with van der Waals surface area (Å²) in [6.45, 7) is 10.1. The molecule has 0 radical (unpaired) electrons. The summed E-state index contributed by atoms with van der Waals surface area (Å²) in [6.07, 6.45) is 0. The van der Waals surface area contributed by atoms with Crippen molar-refractivity contribution in [3.8, 4) is 0 Å². The van der Waals surface area contributed by atoms with Gasteiger partial charge in [0.1, 0.15) is 0 Å². The second-order valence-electron chi connectivity index (χ2n) is 7.27. The first kappa shape index (κ1) is 18.2. The first-order valence-corrected chi connectivity index (χ1v) is 9.05. The largest absolute Gasteiger partial charge is 0.346 e. The molecule has 6 nitrogen and oxygen atoms in total. The molecule has 1 aromatic carbocycles. The smallest absolute Gasteiger partial charge is 0.251 e. The zero-order valence-electron chi connectivity index (χ0n) is 15.9. The molecule has 2 amide bonds. The number of carbonyl (C=O) groups is 2. The molecule has 0 aliphatic carbocycles. The molecule has 0 saturated carbocycles. The number of carbonyl (C=O) groups excluding carboxylic acids is 2. The highest BCUT2D eigenvalue weighted by Crippen LogP contribution is 2.16. The molecule has 1 N–H and O–H groups in total. The summed E-state index contributed by atoms with van der Waals surface area (Å²) in [4.78, 5) is 26.5. The lowest BCUT2D eigenvalue weighted by Gasteiger charge is -2.29. The maximum atomic E-state index is 12.5.